The van der Waals surface area contributed by atoms with Crippen LogP contribution in [0.25, 0.3) is 5.65 Å². The minimum atomic E-state index is -0.577. The van der Waals surface area contributed by atoms with Crippen molar-refractivity contribution in [1.82, 2.24) is 35.2 Å². The molecule has 0 bridgehead atoms. The van der Waals surface area contributed by atoms with Gasteiger partial charge in [-0.1, -0.05) is 18.7 Å². The van der Waals surface area contributed by atoms with Gasteiger partial charge in [-0.15, -0.1) is 5.10 Å². The number of likely N-dealkylation sites (tertiary alicyclic amines) is 1. The molecule has 1 saturated heterocycles. The van der Waals surface area contributed by atoms with E-state index in [0.29, 0.717) is 30.8 Å². The highest BCUT2D eigenvalue weighted by atomic mass is 16.2. The largest absolute Gasteiger partial charge is 0.352 e. The first-order valence-corrected chi connectivity index (χ1v) is 12.9. The Morgan fingerprint density at radius 2 is 1.97 bits per heavy atom. The van der Waals surface area contributed by atoms with Crippen LogP contribution in [0.3, 0.4) is 0 Å². The van der Waals surface area contributed by atoms with Crippen LogP contribution in [-0.4, -0.2) is 79.3 Å². The lowest BCUT2D eigenvalue weighted by atomic mass is 9.84. The van der Waals surface area contributed by atoms with Gasteiger partial charge in [0.25, 0.3) is 5.91 Å². The van der Waals surface area contributed by atoms with Gasteiger partial charge >= 0.3 is 0 Å². The number of amides is 3. The summed E-state index contributed by atoms with van der Waals surface area (Å²) < 4.78 is 1.48. The number of pyridine rings is 1. The quantitative estimate of drug-likeness (QED) is 0.446. The number of nitrogens with zero attached hydrogens (tertiary/aromatic N) is 6. The van der Waals surface area contributed by atoms with Gasteiger partial charge in [0.2, 0.25) is 11.8 Å². The molecule has 0 spiro atoms. The summed E-state index contributed by atoms with van der Waals surface area (Å²) in [6.45, 7) is 5.27. The monoisotopic (exact) mass is 491 g/mol. The third-order valence-corrected chi connectivity index (χ3v) is 7.56. The van der Waals surface area contributed by atoms with Gasteiger partial charge < -0.3 is 15.1 Å². The van der Waals surface area contributed by atoms with Gasteiger partial charge in [-0.3, -0.25) is 14.4 Å². The molecule has 2 fully saturated rings. The van der Waals surface area contributed by atoms with E-state index in [9.17, 15) is 14.4 Å². The Morgan fingerprint density at radius 1 is 1.17 bits per heavy atom. The molecule has 0 radical (unpaired) electrons. The maximum atomic E-state index is 14.2. The number of rotatable bonds is 8. The zero-order valence-corrected chi connectivity index (χ0v) is 20.5. The Balaban J connectivity index is 1.46. The van der Waals surface area contributed by atoms with E-state index in [1.54, 1.807) is 28.1 Å². The molecule has 2 unspecified atom stereocenters. The number of nitrogens with one attached hydrogen (secondary N) is 1. The molecule has 1 aliphatic heterocycles. The predicted octanol–water partition coefficient (Wildman–Crippen LogP) is 1.99. The third kappa shape index (κ3) is 5.17. The number of allylic oxidation sites excluding steroid dienone is 2. The summed E-state index contributed by atoms with van der Waals surface area (Å²) in [6, 6.07) is 3.10. The zero-order valence-electron chi connectivity index (χ0n) is 20.5. The molecular formula is C26H33N7O3. The molecule has 1 saturated carbocycles. The topological polar surface area (TPSA) is 113 Å². The highest BCUT2D eigenvalue weighted by molar-refractivity contribution is 6.02. The molecule has 1 N–H and O–H groups in total. The fourth-order valence-electron chi connectivity index (χ4n) is 5.38. The van der Waals surface area contributed by atoms with Crippen molar-refractivity contribution < 1.29 is 14.4 Å². The van der Waals surface area contributed by atoms with Gasteiger partial charge in [-0.05, 0) is 85.4 Å². The van der Waals surface area contributed by atoms with Crippen LogP contribution < -0.4 is 5.32 Å². The Bertz CT molecular complexity index is 1160. The fourth-order valence-corrected chi connectivity index (χ4v) is 5.38. The van der Waals surface area contributed by atoms with Gasteiger partial charge in [0, 0.05) is 31.9 Å². The van der Waals surface area contributed by atoms with E-state index in [2.05, 4.69) is 39.6 Å². The van der Waals surface area contributed by atoms with Crippen molar-refractivity contribution in [3.05, 3.63) is 48.7 Å². The van der Waals surface area contributed by atoms with E-state index in [4.69, 9.17) is 0 Å². The standard InChI is InChI=1S/C26H33N7O3/c1-2-22(34)31-15-12-18(13-16-31)17-32(26(36)21-9-6-14-33-24(21)28-29-30-33)23(19-7-4-3-5-8-19)25(35)27-20-10-11-20/h2-4,6,9,14,18-20,23H,1,5,7-8,10-13,15-17H2,(H,27,35). The maximum absolute atomic E-state index is 14.2. The number of hydrogen-bond donors (Lipinski definition) is 1. The smallest absolute Gasteiger partial charge is 0.258 e. The maximum Gasteiger partial charge on any atom is 0.258 e. The van der Waals surface area contributed by atoms with Crippen molar-refractivity contribution in [3.63, 3.8) is 0 Å². The molecule has 2 atom stereocenters. The average Bonchev–Trinajstić information content (AvgIpc) is 3.59. The first-order valence-electron chi connectivity index (χ1n) is 12.9. The van der Waals surface area contributed by atoms with Crippen LogP contribution >= 0.6 is 0 Å². The van der Waals surface area contributed by atoms with Crippen molar-refractivity contribution >= 4 is 23.4 Å². The summed E-state index contributed by atoms with van der Waals surface area (Å²) in [6.07, 6.45) is 13.3. The van der Waals surface area contributed by atoms with Gasteiger partial charge in [0.15, 0.2) is 5.65 Å². The van der Waals surface area contributed by atoms with Crippen LogP contribution in [0.5, 0.6) is 0 Å². The molecule has 2 aromatic heterocycles. The second-order valence-corrected chi connectivity index (χ2v) is 10.1. The van der Waals surface area contributed by atoms with E-state index >= 15 is 0 Å². The number of hydrogen-bond acceptors (Lipinski definition) is 6. The summed E-state index contributed by atoms with van der Waals surface area (Å²) in [5, 5.41) is 14.9. The van der Waals surface area contributed by atoms with Crippen LogP contribution in [0, 0.1) is 11.8 Å². The zero-order chi connectivity index (χ0) is 25.1. The Hall–Kier alpha value is -3.56. The van der Waals surface area contributed by atoms with Crippen LogP contribution in [0.4, 0.5) is 0 Å². The summed E-state index contributed by atoms with van der Waals surface area (Å²) >= 11 is 0. The van der Waals surface area contributed by atoms with Crippen molar-refractivity contribution in [2.75, 3.05) is 19.6 Å². The van der Waals surface area contributed by atoms with E-state index in [1.165, 1.54) is 10.6 Å². The van der Waals surface area contributed by atoms with E-state index < -0.39 is 6.04 Å². The molecule has 10 heteroatoms. The van der Waals surface area contributed by atoms with Gasteiger partial charge in [0.1, 0.15) is 6.04 Å². The van der Waals surface area contributed by atoms with Gasteiger partial charge in [-0.2, -0.15) is 4.52 Å². The number of aromatic nitrogens is 4. The van der Waals surface area contributed by atoms with Crippen molar-refractivity contribution in [1.29, 1.82) is 0 Å². The normalized spacial score (nSPS) is 21.2. The Labute approximate surface area is 210 Å². The summed E-state index contributed by atoms with van der Waals surface area (Å²) in [5.74, 6) is -0.157. The first kappa shape index (κ1) is 24.1. The minimum Gasteiger partial charge on any atom is -0.352 e. The molecule has 3 aliphatic rings. The molecule has 10 nitrogen and oxygen atoms in total. The number of tetrazole rings is 1. The average molecular weight is 492 g/mol. The minimum absolute atomic E-state index is 0.0378. The lowest BCUT2D eigenvalue weighted by Crippen LogP contribution is -2.56. The second kappa shape index (κ2) is 10.6. The molecule has 2 aromatic rings. The van der Waals surface area contributed by atoms with Crippen molar-refractivity contribution in [3.8, 4) is 0 Å². The van der Waals surface area contributed by atoms with E-state index in [-0.39, 0.29) is 35.6 Å². The number of carbonyl (C=O) groups excluding carboxylic acids is 3. The highest BCUT2D eigenvalue weighted by Crippen LogP contribution is 2.31. The number of carbonyl (C=O) groups is 3. The van der Waals surface area contributed by atoms with Crippen molar-refractivity contribution in [2.24, 2.45) is 11.8 Å². The third-order valence-electron chi connectivity index (χ3n) is 7.56. The molecule has 2 aliphatic carbocycles. The summed E-state index contributed by atoms with van der Waals surface area (Å²) in [4.78, 5) is 43.5. The Morgan fingerprint density at radius 3 is 2.67 bits per heavy atom. The van der Waals surface area contributed by atoms with Crippen LogP contribution in [-0.2, 0) is 9.59 Å². The molecule has 36 heavy (non-hydrogen) atoms. The summed E-state index contributed by atoms with van der Waals surface area (Å²) in [5.41, 5.74) is 0.765. The van der Waals surface area contributed by atoms with Gasteiger partial charge in [-0.25, -0.2) is 0 Å². The molecule has 5 rings (SSSR count). The first-order chi connectivity index (χ1) is 17.5. The summed E-state index contributed by atoms with van der Waals surface area (Å²) in [7, 11) is 0. The van der Waals surface area contributed by atoms with Crippen LogP contribution in [0.2, 0.25) is 0 Å². The molecule has 190 valence electrons. The molecule has 3 heterocycles. The van der Waals surface area contributed by atoms with Crippen molar-refractivity contribution in [2.45, 2.75) is 57.0 Å². The second-order valence-electron chi connectivity index (χ2n) is 10.1. The number of fused-ring (bicyclic) bond motifs is 1. The van der Waals surface area contributed by atoms with E-state index in [1.807, 2.05) is 0 Å². The fraction of sp³-hybridized carbons (Fsp3) is 0.538. The lowest BCUT2D eigenvalue weighted by Gasteiger charge is -2.40. The Kier molecular flexibility index (Phi) is 7.11. The molecular weight excluding hydrogens is 458 g/mol. The van der Waals surface area contributed by atoms with Crippen LogP contribution in [0.15, 0.2) is 43.1 Å². The highest BCUT2D eigenvalue weighted by Gasteiger charge is 2.40. The lowest BCUT2D eigenvalue weighted by molar-refractivity contribution is -0.128. The number of piperidine rings is 1. The van der Waals surface area contributed by atoms with E-state index in [0.717, 1.165) is 44.9 Å². The SMILES string of the molecule is C=CC(=O)N1CCC(CN(C(=O)c2cccn3nnnc23)C(C(=O)NC2CC2)C2CC=CCC2)CC1. The molecule has 0 aromatic carbocycles. The molecule has 3 amide bonds. The van der Waals surface area contributed by atoms with Gasteiger partial charge in [0.05, 0.1) is 5.56 Å². The predicted molar refractivity (Wildman–Crippen MR) is 133 cm³/mol. The van der Waals surface area contributed by atoms with Crippen LogP contribution in [0.1, 0.15) is 55.3 Å².